The Balaban J connectivity index is 5.27. The van der Waals surface area contributed by atoms with E-state index in [9.17, 15) is 33.9 Å². The third kappa shape index (κ3) is 16.4. The number of carboxylic acid groups (broad SMARTS) is 1. The van der Waals surface area contributed by atoms with Crippen molar-refractivity contribution in [2.75, 3.05) is 25.4 Å². The highest BCUT2D eigenvalue weighted by atomic mass is 32.1. The molecule has 40 heavy (non-hydrogen) atoms. The molecule has 0 aromatic carbocycles. The van der Waals surface area contributed by atoms with E-state index in [1.54, 1.807) is 0 Å². The third-order valence-electron chi connectivity index (χ3n) is 5.44. The van der Waals surface area contributed by atoms with Crippen LogP contribution in [0.5, 0.6) is 0 Å². The Morgan fingerprint density at radius 3 is 1.93 bits per heavy atom. The molecule has 0 rings (SSSR count). The number of unbranched alkanes of at least 4 members (excludes halogenated alkanes) is 1. The number of carbonyl (C=O) groups excluding carboxylic acids is 5. The number of nitrogens with one attached hydrogen (secondary N) is 4. The minimum Gasteiger partial charge on any atom is -0.480 e. The lowest BCUT2D eigenvalue weighted by molar-refractivity contribution is -0.141. The van der Waals surface area contributed by atoms with Gasteiger partial charge >= 0.3 is 5.97 Å². The molecule has 5 amide bonds. The van der Waals surface area contributed by atoms with Crippen molar-refractivity contribution < 1.29 is 33.9 Å². The average Bonchev–Trinajstić information content (AvgIpc) is 2.89. The molecule has 0 aliphatic rings. The highest BCUT2D eigenvalue weighted by molar-refractivity contribution is 7.80. The van der Waals surface area contributed by atoms with Crippen LogP contribution in [0.3, 0.4) is 0 Å². The van der Waals surface area contributed by atoms with Crippen molar-refractivity contribution in [2.24, 2.45) is 33.7 Å². The second-order valence-electron chi connectivity index (χ2n) is 8.83. The summed E-state index contributed by atoms with van der Waals surface area (Å²) in [6, 6.07) is -4.71. The molecule has 0 aromatic heterocycles. The van der Waals surface area contributed by atoms with Gasteiger partial charge in [0.25, 0.3) is 0 Å². The van der Waals surface area contributed by atoms with Crippen LogP contribution in [-0.2, 0) is 28.8 Å². The van der Waals surface area contributed by atoms with Crippen molar-refractivity contribution in [1.82, 2.24) is 21.3 Å². The van der Waals surface area contributed by atoms with Crippen molar-refractivity contribution in [3.05, 3.63) is 0 Å². The number of carboxylic acids is 1. The number of thiol groups is 1. The summed E-state index contributed by atoms with van der Waals surface area (Å²) < 4.78 is 0. The Bertz CT molecular complexity index is 901. The molecule has 0 spiro atoms. The molecule has 0 fully saturated rings. The van der Waals surface area contributed by atoms with Crippen LogP contribution in [0.4, 0.5) is 0 Å². The van der Waals surface area contributed by atoms with Crippen molar-refractivity contribution in [1.29, 1.82) is 0 Å². The van der Waals surface area contributed by atoms with Gasteiger partial charge in [0.2, 0.25) is 29.5 Å². The largest absolute Gasteiger partial charge is 0.480 e. The van der Waals surface area contributed by atoms with Gasteiger partial charge in [-0.15, -0.1) is 0 Å². The highest BCUT2D eigenvalue weighted by Gasteiger charge is 2.29. The summed E-state index contributed by atoms with van der Waals surface area (Å²) in [4.78, 5) is 76.7. The fourth-order valence-electron chi connectivity index (χ4n) is 3.24. The van der Waals surface area contributed by atoms with Gasteiger partial charge in [-0.3, -0.25) is 29.0 Å². The van der Waals surface area contributed by atoms with E-state index in [-0.39, 0.29) is 43.9 Å². The van der Waals surface area contributed by atoms with Crippen LogP contribution in [0.2, 0.25) is 0 Å². The van der Waals surface area contributed by atoms with Gasteiger partial charge in [-0.25, -0.2) is 4.79 Å². The van der Waals surface area contributed by atoms with Crippen molar-refractivity contribution >= 4 is 54.1 Å². The molecule has 18 heteroatoms. The molecule has 228 valence electrons. The van der Waals surface area contributed by atoms with Gasteiger partial charge in [0.05, 0.1) is 12.6 Å². The fourth-order valence-corrected chi connectivity index (χ4v) is 3.49. The summed E-state index contributed by atoms with van der Waals surface area (Å²) in [6.07, 6.45) is 1.34. The molecule has 4 unspecified atom stereocenters. The predicted octanol–water partition coefficient (Wildman–Crippen LogP) is -4.65. The average molecular weight is 591 g/mol. The minimum absolute atomic E-state index is 0.0818. The van der Waals surface area contributed by atoms with Crippen LogP contribution < -0.4 is 49.9 Å². The van der Waals surface area contributed by atoms with E-state index < -0.39 is 66.2 Å². The summed E-state index contributed by atoms with van der Waals surface area (Å²) >= 11 is 3.88. The lowest BCUT2D eigenvalue weighted by Gasteiger charge is -2.24. The number of guanidine groups is 1. The number of hydrogen-bond donors (Lipinski definition) is 11. The van der Waals surface area contributed by atoms with E-state index >= 15 is 0 Å². The first-order valence-electron chi connectivity index (χ1n) is 12.6. The van der Waals surface area contributed by atoms with Gasteiger partial charge in [0.1, 0.15) is 18.1 Å². The van der Waals surface area contributed by atoms with E-state index in [1.807, 2.05) is 0 Å². The monoisotopic (exact) mass is 590 g/mol. The topological polar surface area (TPSA) is 313 Å². The van der Waals surface area contributed by atoms with Gasteiger partial charge in [-0.05, 0) is 45.1 Å². The summed E-state index contributed by atoms with van der Waals surface area (Å²) in [7, 11) is 0. The van der Waals surface area contributed by atoms with Crippen LogP contribution in [0.25, 0.3) is 0 Å². The number of carbonyl (C=O) groups is 6. The van der Waals surface area contributed by atoms with Gasteiger partial charge in [-0.2, -0.15) is 12.6 Å². The molecule has 0 aliphatic heterocycles. The maximum absolute atomic E-state index is 13.0. The standard InChI is InChI=1S/C22H42N10O7S/c23-8-2-1-5-13(30-17(34)10-29-18(35)12(24)4-3-9-28-22(26)27)19(36)31-14(6-7-16(25)33)20(37)32-15(11-40)21(38)39/h12-15,40H,1-11,23-24H2,(H2,25,33)(H,29,35)(H,30,34)(H,31,36)(H,32,37)(H,38,39)(H4,26,27,28). The molecule has 0 saturated carbocycles. The number of nitrogens with zero attached hydrogens (tertiary/aromatic N) is 1. The molecule has 0 radical (unpaired) electrons. The van der Waals surface area contributed by atoms with Crippen molar-refractivity contribution in [2.45, 2.75) is 69.1 Å². The van der Waals surface area contributed by atoms with E-state index in [2.05, 4.69) is 38.9 Å². The van der Waals surface area contributed by atoms with Crippen LogP contribution in [0.15, 0.2) is 4.99 Å². The van der Waals surface area contributed by atoms with Crippen LogP contribution in [-0.4, -0.2) is 96.1 Å². The Hall–Kier alpha value is -3.64. The molecule has 0 saturated heterocycles. The Labute approximate surface area is 237 Å². The first kappa shape index (κ1) is 36.4. The Morgan fingerprint density at radius 1 is 0.800 bits per heavy atom. The highest BCUT2D eigenvalue weighted by Crippen LogP contribution is 2.05. The fraction of sp³-hybridized carbons (Fsp3) is 0.682. The lowest BCUT2D eigenvalue weighted by Crippen LogP contribution is -2.57. The molecule has 0 bridgehead atoms. The Kier molecular flexibility index (Phi) is 18.4. The number of hydrogen-bond acceptors (Lipinski definition) is 10. The van der Waals surface area contributed by atoms with E-state index in [4.69, 9.17) is 28.7 Å². The smallest absolute Gasteiger partial charge is 0.327 e. The van der Waals surface area contributed by atoms with Crippen LogP contribution in [0.1, 0.15) is 44.9 Å². The number of aliphatic imine (C=N–C) groups is 1. The quantitative estimate of drug-likeness (QED) is 0.0261. The molecular formula is C22H42N10O7S. The van der Waals surface area contributed by atoms with E-state index in [1.165, 1.54) is 0 Å². The first-order chi connectivity index (χ1) is 18.8. The van der Waals surface area contributed by atoms with E-state index in [0.717, 1.165) is 0 Å². The zero-order valence-corrected chi connectivity index (χ0v) is 23.2. The molecule has 4 atom stereocenters. The lowest BCUT2D eigenvalue weighted by atomic mass is 10.1. The molecule has 0 aliphatic carbocycles. The number of nitrogens with two attached hydrogens (primary N) is 5. The summed E-state index contributed by atoms with van der Waals surface area (Å²) in [5, 5.41) is 18.7. The molecule has 17 nitrogen and oxygen atoms in total. The summed E-state index contributed by atoms with van der Waals surface area (Å²) in [5.74, 6) is -5.32. The predicted molar refractivity (Wildman–Crippen MR) is 150 cm³/mol. The second kappa shape index (κ2) is 20.3. The maximum Gasteiger partial charge on any atom is 0.327 e. The van der Waals surface area contributed by atoms with Gasteiger partial charge < -0.3 is 55.0 Å². The van der Waals surface area contributed by atoms with Gasteiger partial charge in [-0.1, -0.05) is 0 Å². The second-order valence-corrected chi connectivity index (χ2v) is 9.19. The molecule has 0 heterocycles. The first-order valence-corrected chi connectivity index (χ1v) is 13.3. The maximum atomic E-state index is 13.0. The molecule has 0 aromatic rings. The van der Waals surface area contributed by atoms with Gasteiger partial charge in [0, 0.05) is 18.7 Å². The number of aliphatic carboxylic acids is 1. The zero-order valence-electron chi connectivity index (χ0n) is 22.3. The van der Waals surface area contributed by atoms with E-state index in [0.29, 0.717) is 25.8 Å². The molecular weight excluding hydrogens is 548 g/mol. The SMILES string of the molecule is NCCCCC(NC(=O)CNC(=O)C(N)CCCN=C(N)N)C(=O)NC(CCC(N)=O)C(=O)NC(CS)C(=O)O. The Morgan fingerprint density at radius 2 is 1.40 bits per heavy atom. The zero-order chi connectivity index (χ0) is 30.7. The third-order valence-corrected chi connectivity index (χ3v) is 5.80. The number of rotatable bonds is 21. The van der Waals surface area contributed by atoms with Crippen LogP contribution >= 0.6 is 12.6 Å². The summed E-state index contributed by atoms with van der Waals surface area (Å²) in [6.45, 7) is 0.145. The van der Waals surface area contributed by atoms with Crippen molar-refractivity contribution in [3.8, 4) is 0 Å². The molecule has 15 N–H and O–H groups in total. The van der Waals surface area contributed by atoms with Crippen LogP contribution in [0, 0.1) is 0 Å². The normalized spacial score (nSPS) is 13.6. The number of primary amides is 1. The summed E-state index contributed by atoms with van der Waals surface area (Å²) in [5.41, 5.74) is 26.9. The number of amides is 5. The minimum atomic E-state index is -1.34. The van der Waals surface area contributed by atoms with Gasteiger partial charge in [0.15, 0.2) is 5.96 Å². The van der Waals surface area contributed by atoms with Crippen molar-refractivity contribution in [3.63, 3.8) is 0 Å².